The summed E-state index contributed by atoms with van der Waals surface area (Å²) in [6.07, 6.45) is 0. The molecule has 1 fully saturated rings. The number of anilines is 1. The lowest BCUT2D eigenvalue weighted by Crippen LogP contribution is -2.48. The van der Waals surface area contributed by atoms with Crippen molar-refractivity contribution >= 4 is 22.4 Å². The molecule has 0 spiro atoms. The minimum absolute atomic E-state index is 0.127. The van der Waals surface area contributed by atoms with E-state index in [4.69, 9.17) is 9.15 Å². The quantitative estimate of drug-likeness (QED) is 0.585. The van der Waals surface area contributed by atoms with Gasteiger partial charge in [0, 0.05) is 42.8 Å². The second-order valence-electron chi connectivity index (χ2n) is 7.55. The van der Waals surface area contributed by atoms with Crippen molar-refractivity contribution in [3.8, 4) is 5.75 Å². The van der Waals surface area contributed by atoms with Crippen LogP contribution in [0.1, 0.15) is 21.9 Å². The maximum absolute atomic E-state index is 12.9. The number of nitrogens with zero attached hydrogens (tertiary/aromatic N) is 2. The fourth-order valence-corrected chi connectivity index (χ4v) is 4.62. The van der Waals surface area contributed by atoms with Crippen LogP contribution in [0.4, 0.5) is 5.69 Å². The molecule has 7 heteroatoms. The van der Waals surface area contributed by atoms with Gasteiger partial charge < -0.3 is 19.0 Å². The van der Waals surface area contributed by atoms with Crippen LogP contribution in [0.25, 0.3) is 0 Å². The molecule has 1 amide bonds. The molecule has 3 aromatic rings. The first-order chi connectivity index (χ1) is 15.0. The number of aryl methyl sites for hydroxylation is 1. The zero-order chi connectivity index (χ0) is 21.8. The maximum Gasteiger partial charge on any atom is 0.289 e. The number of piperazine rings is 1. The van der Waals surface area contributed by atoms with Gasteiger partial charge in [-0.05, 0) is 43.3 Å². The summed E-state index contributed by atoms with van der Waals surface area (Å²) in [5.41, 5.74) is 2.21. The number of hydrogen-bond donors (Lipinski definition) is 0. The Bertz CT molecular complexity index is 1070. The Morgan fingerprint density at radius 1 is 1.03 bits per heavy atom. The average molecular weight is 439 g/mol. The minimum Gasteiger partial charge on any atom is -0.497 e. The largest absolute Gasteiger partial charge is 0.497 e. The van der Waals surface area contributed by atoms with Crippen LogP contribution in [-0.4, -0.2) is 48.3 Å². The first-order valence-electron chi connectivity index (χ1n) is 10.3. The fraction of sp³-hybridized carbons (Fsp3) is 0.292. The molecule has 2 aromatic carbocycles. The summed E-state index contributed by atoms with van der Waals surface area (Å²) < 4.78 is 23.6. The number of carbonyl (C=O) groups excluding carboxylic acids is 1. The Balaban J connectivity index is 1.34. The van der Waals surface area contributed by atoms with Crippen LogP contribution in [0.15, 0.2) is 70.0 Å². The third kappa shape index (κ3) is 4.99. The third-order valence-electron chi connectivity index (χ3n) is 5.42. The molecule has 2 heterocycles. The van der Waals surface area contributed by atoms with E-state index in [1.165, 1.54) is 0 Å². The molecule has 31 heavy (non-hydrogen) atoms. The molecule has 162 valence electrons. The summed E-state index contributed by atoms with van der Waals surface area (Å²) in [5, 5.41) is 0. The van der Waals surface area contributed by atoms with E-state index in [1.807, 2.05) is 55.5 Å². The highest BCUT2D eigenvalue weighted by Crippen LogP contribution is 2.23. The number of rotatable bonds is 6. The Labute approximate surface area is 184 Å². The van der Waals surface area contributed by atoms with Crippen molar-refractivity contribution in [2.45, 2.75) is 17.6 Å². The molecule has 0 bridgehead atoms. The third-order valence-corrected chi connectivity index (χ3v) is 6.76. The normalized spacial score (nSPS) is 15.0. The molecule has 1 atom stereocenters. The van der Waals surface area contributed by atoms with Crippen LogP contribution in [0.5, 0.6) is 5.75 Å². The van der Waals surface area contributed by atoms with E-state index in [2.05, 4.69) is 4.90 Å². The van der Waals surface area contributed by atoms with Crippen molar-refractivity contribution in [3.05, 3.63) is 77.7 Å². The van der Waals surface area contributed by atoms with Gasteiger partial charge in [0.25, 0.3) is 5.91 Å². The fourth-order valence-electron chi connectivity index (χ4n) is 3.60. The van der Waals surface area contributed by atoms with Crippen molar-refractivity contribution in [3.63, 3.8) is 0 Å². The second-order valence-corrected chi connectivity index (χ2v) is 9.00. The lowest BCUT2D eigenvalue weighted by Gasteiger charge is -2.35. The summed E-state index contributed by atoms with van der Waals surface area (Å²) >= 11 is 0. The lowest BCUT2D eigenvalue weighted by atomic mass is 10.2. The number of hydrogen-bond acceptors (Lipinski definition) is 5. The van der Waals surface area contributed by atoms with Crippen molar-refractivity contribution in [2.75, 3.05) is 38.2 Å². The van der Waals surface area contributed by atoms with Gasteiger partial charge in [-0.2, -0.15) is 0 Å². The number of amides is 1. The highest BCUT2D eigenvalue weighted by Gasteiger charge is 2.25. The molecular weight excluding hydrogens is 412 g/mol. The zero-order valence-corrected chi connectivity index (χ0v) is 18.6. The van der Waals surface area contributed by atoms with E-state index < -0.39 is 10.8 Å². The van der Waals surface area contributed by atoms with Crippen LogP contribution in [0, 0.1) is 6.92 Å². The molecule has 0 saturated carbocycles. The molecule has 6 nitrogen and oxygen atoms in total. The van der Waals surface area contributed by atoms with Crippen molar-refractivity contribution in [1.82, 2.24) is 4.90 Å². The molecule has 0 N–H and O–H groups in total. The Morgan fingerprint density at radius 2 is 1.77 bits per heavy atom. The van der Waals surface area contributed by atoms with Gasteiger partial charge in [0.1, 0.15) is 11.5 Å². The predicted molar refractivity (Wildman–Crippen MR) is 121 cm³/mol. The van der Waals surface area contributed by atoms with Crippen LogP contribution >= 0.6 is 0 Å². The molecule has 0 aliphatic carbocycles. The molecule has 1 saturated heterocycles. The monoisotopic (exact) mass is 438 g/mol. The summed E-state index contributed by atoms with van der Waals surface area (Å²) in [6.45, 7) is 4.70. The number of methoxy groups -OCH3 is 1. The van der Waals surface area contributed by atoms with E-state index >= 15 is 0 Å². The number of ether oxygens (including phenoxy) is 1. The van der Waals surface area contributed by atoms with Crippen molar-refractivity contribution < 1.29 is 18.2 Å². The Kier molecular flexibility index (Phi) is 6.42. The van der Waals surface area contributed by atoms with E-state index in [1.54, 1.807) is 24.1 Å². The lowest BCUT2D eigenvalue weighted by molar-refractivity contribution is 0.0713. The smallest absolute Gasteiger partial charge is 0.289 e. The van der Waals surface area contributed by atoms with E-state index in [0.717, 1.165) is 35.0 Å². The average Bonchev–Trinajstić information content (AvgIpc) is 3.27. The predicted octanol–water partition coefficient (Wildman–Crippen LogP) is 3.87. The molecular formula is C24H26N2O4S. The topological polar surface area (TPSA) is 63.0 Å². The number of carbonyl (C=O) groups is 1. The Morgan fingerprint density at radius 3 is 2.48 bits per heavy atom. The van der Waals surface area contributed by atoms with Crippen LogP contribution < -0.4 is 9.64 Å². The van der Waals surface area contributed by atoms with E-state index in [0.29, 0.717) is 24.6 Å². The summed E-state index contributed by atoms with van der Waals surface area (Å²) in [5.74, 6) is 1.79. The first-order valence-corrected chi connectivity index (χ1v) is 11.6. The minimum atomic E-state index is -1.21. The standard InChI is InChI=1S/C24H26N2O4S/c1-18-6-9-22(10-7-18)31(28)17-21-8-11-23(30-21)24(27)26-14-12-25(13-15-26)19-4-3-5-20(16-19)29-2/h3-11,16H,12-15,17H2,1-2H3/t31-/m1/s1. The number of furan rings is 1. The highest BCUT2D eigenvalue weighted by molar-refractivity contribution is 7.84. The second kappa shape index (κ2) is 9.39. The maximum atomic E-state index is 12.9. The van der Waals surface area contributed by atoms with Crippen LogP contribution in [-0.2, 0) is 16.6 Å². The van der Waals surface area contributed by atoms with Crippen LogP contribution in [0.3, 0.4) is 0 Å². The van der Waals surface area contributed by atoms with Gasteiger partial charge in [-0.3, -0.25) is 9.00 Å². The molecule has 0 unspecified atom stereocenters. The molecule has 4 rings (SSSR count). The van der Waals surface area contributed by atoms with E-state index in [-0.39, 0.29) is 11.7 Å². The van der Waals surface area contributed by atoms with Gasteiger partial charge >= 0.3 is 0 Å². The van der Waals surface area contributed by atoms with Gasteiger partial charge in [-0.1, -0.05) is 23.8 Å². The van der Waals surface area contributed by atoms with Gasteiger partial charge in [0.05, 0.1) is 23.7 Å². The van der Waals surface area contributed by atoms with Gasteiger partial charge in [0.2, 0.25) is 0 Å². The van der Waals surface area contributed by atoms with E-state index in [9.17, 15) is 9.00 Å². The number of benzene rings is 2. The molecule has 0 radical (unpaired) electrons. The molecule has 1 aliphatic heterocycles. The molecule has 1 aliphatic rings. The first kappa shape index (κ1) is 21.2. The molecule has 1 aromatic heterocycles. The SMILES string of the molecule is COc1cccc(N2CCN(C(=O)c3ccc(C[S@@](=O)c4ccc(C)cc4)o3)CC2)c1. The van der Waals surface area contributed by atoms with Gasteiger partial charge in [-0.25, -0.2) is 0 Å². The highest BCUT2D eigenvalue weighted by atomic mass is 32.2. The zero-order valence-electron chi connectivity index (χ0n) is 17.7. The summed E-state index contributed by atoms with van der Waals surface area (Å²) in [4.78, 5) is 17.7. The van der Waals surface area contributed by atoms with Gasteiger partial charge in [-0.15, -0.1) is 0 Å². The summed E-state index contributed by atoms with van der Waals surface area (Å²) in [7, 11) is 0.445. The summed E-state index contributed by atoms with van der Waals surface area (Å²) in [6, 6.07) is 19.0. The Hall–Kier alpha value is -3.06. The van der Waals surface area contributed by atoms with Crippen molar-refractivity contribution in [1.29, 1.82) is 0 Å². The van der Waals surface area contributed by atoms with Crippen molar-refractivity contribution in [2.24, 2.45) is 0 Å². The van der Waals surface area contributed by atoms with Crippen LogP contribution in [0.2, 0.25) is 0 Å². The van der Waals surface area contributed by atoms with Gasteiger partial charge in [0.15, 0.2) is 5.76 Å².